The Balaban J connectivity index is 1.91. The molecule has 2 amide bonds. The first-order valence-electron chi connectivity index (χ1n) is 6.04. The van der Waals surface area contributed by atoms with Crippen molar-refractivity contribution >= 4 is 17.5 Å². The van der Waals surface area contributed by atoms with E-state index in [4.69, 9.17) is 0 Å². The van der Waals surface area contributed by atoms with Crippen molar-refractivity contribution in [3.63, 3.8) is 0 Å². The van der Waals surface area contributed by atoms with Crippen LogP contribution in [-0.4, -0.2) is 31.4 Å². The predicted molar refractivity (Wildman–Crippen MR) is 69.5 cm³/mol. The van der Waals surface area contributed by atoms with Crippen LogP contribution in [-0.2, 0) is 4.79 Å². The summed E-state index contributed by atoms with van der Waals surface area (Å²) in [5.41, 5.74) is 1.17. The van der Waals surface area contributed by atoms with Crippen LogP contribution < -0.4 is 16.0 Å². The first-order chi connectivity index (χ1) is 8.69. The molecule has 1 aromatic carbocycles. The molecule has 0 heterocycles. The Morgan fingerprint density at radius 2 is 2.11 bits per heavy atom. The molecule has 5 heteroatoms. The second kappa shape index (κ2) is 5.64. The van der Waals surface area contributed by atoms with Crippen molar-refractivity contribution in [2.45, 2.75) is 18.9 Å². The van der Waals surface area contributed by atoms with Crippen LogP contribution in [0.3, 0.4) is 0 Å². The summed E-state index contributed by atoms with van der Waals surface area (Å²) in [7, 11) is 1.58. The van der Waals surface area contributed by atoms with Gasteiger partial charge in [-0.05, 0) is 31.0 Å². The van der Waals surface area contributed by atoms with E-state index < -0.39 is 0 Å². The molecule has 3 N–H and O–H groups in total. The van der Waals surface area contributed by atoms with Crippen LogP contribution in [0.25, 0.3) is 0 Å². The second-order valence-electron chi connectivity index (χ2n) is 4.36. The Hall–Kier alpha value is -1.88. The number of hydrogen-bond donors (Lipinski definition) is 3. The number of hydrogen-bond acceptors (Lipinski definition) is 3. The van der Waals surface area contributed by atoms with E-state index >= 15 is 0 Å². The summed E-state index contributed by atoms with van der Waals surface area (Å²) in [6, 6.07) is 7.38. The van der Waals surface area contributed by atoms with Gasteiger partial charge in [-0.15, -0.1) is 0 Å². The Bertz CT molecular complexity index is 455. The lowest BCUT2D eigenvalue weighted by Crippen LogP contribution is -2.29. The minimum Gasteiger partial charge on any atom is -0.355 e. The molecule has 1 aliphatic carbocycles. The standard InChI is InChI=1S/C13H17N3O2/c1-14-13(18)9-3-2-4-11(7-9)16-12(17)8-15-10-5-6-10/h2-4,7,10,15H,5-6,8H2,1H3,(H,14,18)(H,16,17). The molecule has 0 unspecified atom stereocenters. The summed E-state index contributed by atoms with van der Waals surface area (Å²) in [4.78, 5) is 23.1. The zero-order valence-corrected chi connectivity index (χ0v) is 10.3. The minimum absolute atomic E-state index is 0.0871. The molecule has 96 valence electrons. The lowest BCUT2D eigenvalue weighted by atomic mass is 10.2. The van der Waals surface area contributed by atoms with Gasteiger partial charge in [-0.1, -0.05) is 6.07 Å². The second-order valence-corrected chi connectivity index (χ2v) is 4.36. The maximum atomic E-state index is 11.6. The van der Waals surface area contributed by atoms with Gasteiger partial charge in [0.05, 0.1) is 6.54 Å². The normalized spacial score (nSPS) is 14.1. The quantitative estimate of drug-likeness (QED) is 0.718. The largest absolute Gasteiger partial charge is 0.355 e. The van der Waals surface area contributed by atoms with Crippen molar-refractivity contribution in [2.75, 3.05) is 18.9 Å². The minimum atomic E-state index is -0.165. The third-order valence-electron chi connectivity index (χ3n) is 2.76. The van der Waals surface area contributed by atoms with Crippen LogP contribution >= 0.6 is 0 Å². The molecule has 1 aromatic rings. The number of amides is 2. The zero-order chi connectivity index (χ0) is 13.0. The van der Waals surface area contributed by atoms with Gasteiger partial charge in [0.15, 0.2) is 0 Å². The third kappa shape index (κ3) is 3.56. The number of rotatable bonds is 5. The van der Waals surface area contributed by atoms with E-state index in [0.29, 0.717) is 23.8 Å². The summed E-state index contributed by atoms with van der Waals surface area (Å²) in [6.45, 7) is 0.314. The van der Waals surface area contributed by atoms with Crippen molar-refractivity contribution < 1.29 is 9.59 Å². The first kappa shape index (κ1) is 12.6. The molecule has 0 saturated heterocycles. The van der Waals surface area contributed by atoms with Gasteiger partial charge in [-0.3, -0.25) is 9.59 Å². The Morgan fingerprint density at radius 3 is 2.78 bits per heavy atom. The summed E-state index contributed by atoms with van der Waals surface area (Å²) in [6.07, 6.45) is 2.30. The third-order valence-corrected chi connectivity index (χ3v) is 2.76. The van der Waals surface area contributed by atoms with Gasteiger partial charge in [0.25, 0.3) is 5.91 Å². The monoisotopic (exact) mass is 247 g/mol. The summed E-state index contributed by atoms with van der Waals surface area (Å²) < 4.78 is 0. The Kier molecular flexibility index (Phi) is 3.94. The maximum absolute atomic E-state index is 11.6. The van der Waals surface area contributed by atoms with Crippen molar-refractivity contribution in [3.05, 3.63) is 29.8 Å². The SMILES string of the molecule is CNC(=O)c1cccc(NC(=O)CNC2CC2)c1. The van der Waals surface area contributed by atoms with Crippen LogP contribution in [0.4, 0.5) is 5.69 Å². The van der Waals surface area contributed by atoms with Crippen LogP contribution in [0.15, 0.2) is 24.3 Å². The number of anilines is 1. The Morgan fingerprint density at radius 1 is 1.33 bits per heavy atom. The molecule has 1 aliphatic rings. The molecule has 0 atom stereocenters. The molecule has 0 aliphatic heterocycles. The highest BCUT2D eigenvalue weighted by atomic mass is 16.2. The van der Waals surface area contributed by atoms with Crippen LogP contribution in [0.1, 0.15) is 23.2 Å². The molecule has 2 rings (SSSR count). The molecule has 18 heavy (non-hydrogen) atoms. The molecule has 0 spiro atoms. The maximum Gasteiger partial charge on any atom is 0.251 e. The van der Waals surface area contributed by atoms with Gasteiger partial charge in [0, 0.05) is 24.3 Å². The number of carbonyl (C=O) groups excluding carboxylic acids is 2. The predicted octanol–water partition coefficient (Wildman–Crippen LogP) is 0.737. The molecule has 0 radical (unpaired) electrons. The van der Waals surface area contributed by atoms with E-state index in [0.717, 1.165) is 12.8 Å². The van der Waals surface area contributed by atoms with E-state index in [1.165, 1.54) is 0 Å². The van der Waals surface area contributed by atoms with E-state index in [2.05, 4.69) is 16.0 Å². The smallest absolute Gasteiger partial charge is 0.251 e. The van der Waals surface area contributed by atoms with Crippen LogP contribution in [0.2, 0.25) is 0 Å². The fourth-order valence-corrected chi connectivity index (χ4v) is 1.61. The highest BCUT2D eigenvalue weighted by Gasteiger charge is 2.21. The van der Waals surface area contributed by atoms with Gasteiger partial charge in [0.2, 0.25) is 5.91 Å². The summed E-state index contributed by atoms with van der Waals surface area (Å²) in [5.74, 6) is -0.252. The van der Waals surface area contributed by atoms with Gasteiger partial charge in [0.1, 0.15) is 0 Å². The molecule has 1 saturated carbocycles. The topological polar surface area (TPSA) is 70.2 Å². The highest BCUT2D eigenvalue weighted by molar-refractivity contribution is 5.97. The van der Waals surface area contributed by atoms with Gasteiger partial charge in [-0.2, -0.15) is 0 Å². The lowest BCUT2D eigenvalue weighted by molar-refractivity contribution is -0.115. The molecule has 0 aromatic heterocycles. The van der Waals surface area contributed by atoms with Gasteiger partial charge >= 0.3 is 0 Å². The van der Waals surface area contributed by atoms with Crippen molar-refractivity contribution in [2.24, 2.45) is 0 Å². The zero-order valence-electron chi connectivity index (χ0n) is 10.3. The lowest BCUT2D eigenvalue weighted by Gasteiger charge is -2.07. The van der Waals surface area contributed by atoms with Crippen LogP contribution in [0, 0.1) is 0 Å². The van der Waals surface area contributed by atoms with Crippen LogP contribution in [0.5, 0.6) is 0 Å². The number of benzene rings is 1. The van der Waals surface area contributed by atoms with Crippen molar-refractivity contribution in [3.8, 4) is 0 Å². The van der Waals surface area contributed by atoms with E-state index in [1.54, 1.807) is 31.3 Å². The van der Waals surface area contributed by atoms with Gasteiger partial charge < -0.3 is 16.0 Å². The summed E-state index contributed by atoms with van der Waals surface area (Å²) in [5, 5.41) is 8.44. The fourth-order valence-electron chi connectivity index (χ4n) is 1.61. The molecule has 0 bridgehead atoms. The molecule has 5 nitrogen and oxygen atoms in total. The van der Waals surface area contributed by atoms with E-state index in [9.17, 15) is 9.59 Å². The van der Waals surface area contributed by atoms with Gasteiger partial charge in [-0.25, -0.2) is 0 Å². The van der Waals surface area contributed by atoms with E-state index in [-0.39, 0.29) is 11.8 Å². The number of nitrogens with one attached hydrogen (secondary N) is 3. The molecular formula is C13H17N3O2. The van der Waals surface area contributed by atoms with E-state index in [1.807, 2.05) is 0 Å². The fraction of sp³-hybridized carbons (Fsp3) is 0.385. The van der Waals surface area contributed by atoms with Crippen molar-refractivity contribution in [1.82, 2.24) is 10.6 Å². The number of carbonyl (C=O) groups is 2. The average molecular weight is 247 g/mol. The Labute approximate surface area is 106 Å². The highest BCUT2D eigenvalue weighted by Crippen LogP contribution is 2.18. The molecular weight excluding hydrogens is 230 g/mol. The summed E-state index contributed by atoms with van der Waals surface area (Å²) >= 11 is 0. The van der Waals surface area contributed by atoms with Crippen molar-refractivity contribution in [1.29, 1.82) is 0 Å². The molecule has 1 fully saturated rings. The average Bonchev–Trinajstić information content (AvgIpc) is 3.20. The first-order valence-corrected chi connectivity index (χ1v) is 6.04.